The Morgan fingerprint density at radius 2 is 1.76 bits per heavy atom. The van der Waals surface area contributed by atoms with Crippen molar-refractivity contribution in [2.45, 2.75) is 26.4 Å². The molecule has 0 bridgehead atoms. The van der Waals surface area contributed by atoms with E-state index in [-0.39, 0.29) is 11.5 Å². The lowest BCUT2D eigenvalue weighted by Gasteiger charge is -2.25. The van der Waals surface area contributed by atoms with E-state index in [2.05, 4.69) is 4.98 Å². The Balaban J connectivity index is 2.20. The van der Waals surface area contributed by atoms with E-state index in [0.29, 0.717) is 11.3 Å². The van der Waals surface area contributed by atoms with Crippen LogP contribution in [0, 0.1) is 0 Å². The highest BCUT2D eigenvalue weighted by Crippen LogP contribution is 2.28. The van der Waals surface area contributed by atoms with Gasteiger partial charge in [0.25, 0.3) is 0 Å². The summed E-state index contributed by atoms with van der Waals surface area (Å²) in [5, 5.41) is 9.86. The maximum absolute atomic E-state index is 12.1. The van der Waals surface area contributed by atoms with Crippen molar-refractivity contribution in [3.63, 3.8) is 0 Å². The molecule has 1 aromatic heterocycles. The molecule has 132 valence electrons. The van der Waals surface area contributed by atoms with Crippen molar-refractivity contribution >= 4 is 17.7 Å². The molecule has 0 saturated heterocycles. The zero-order valence-electron chi connectivity index (χ0n) is 14.5. The highest BCUT2D eigenvalue weighted by molar-refractivity contribution is 5.91. The molecule has 7 heteroatoms. The van der Waals surface area contributed by atoms with Crippen LogP contribution >= 0.6 is 0 Å². The molecule has 0 saturated carbocycles. The van der Waals surface area contributed by atoms with E-state index in [9.17, 15) is 14.7 Å². The molecule has 0 aliphatic rings. The number of hydrogen-bond acceptors (Lipinski definition) is 6. The first-order valence-electron chi connectivity index (χ1n) is 7.59. The van der Waals surface area contributed by atoms with Crippen LogP contribution in [0.4, 0.5) is 10.5 Å². The number of nitrogens with zero attached hydrogens (tertiary/aromatic N) is 2. The number of aromatic hydroxyl groups is 1. The van der Waals surface area contributed by atoms with E-state index in [4.69, 9.17) is 9.47 Å². The van der Waals surface area contributed by atoms with E-state index in [1.165, 1.54) is 54.7 Å². The highest BCUT2D eigenvalue weighted by atomic mass is 16.6. The fourth-order valence-electron chi connectivity index (χ4n) is 1.91. The van der Waals surface area contributed by atoms with Gasteiger partial charge in [0, 0.05) is 37.6 Å². The minimum absolute atomic E-state index is 0.104. The summed E-state index contributed by atoms with van der Waals surface area (Å²) in [5.74, 6) is -0.642. The monoisotopic (exact) mass is 344 g/mol. The number of aromatic nitrogens is 1. The highest BCUT2D eigenvalue weighted by Gasteiger charge is 2.21. The van der Waals surface area contributed by atoms with Crippen LogP contribution in [-0.4, -0.2) is 34.8 Å². The number of benzene rings is 1. The Kier molecular flexibility index (Phi) is 5.26. The summed E-state index contributed by atoms with van der Waals surface area (Å²) in [6.45, 7) is 5.26. The molecule has 0 unspecified atom stereocenters. The van der Waals surface area contributed by atoms with E-state index in [1.807, 2.05) is 0 Å². The van der Waals surface area contributed by atoms with Gasteiger partial charge in [0.05, 0.1) is 11.3 Å². The maximum Gasteiger partial charge on any atom is 0.414 e. The summed E-state index contributed by atoms with van der Waals surface area (Å²) in [6.07, 6.45) is 2.35. The lowest BCUT2D eigenvalue weighted by Crippen LogP contribution is -2.34. The Bertz CT molecular complexity index is 769. The first-order valence-corrected chi connectivity index (χ1v) is 7.59. The van der Waals surface area contributed by atoms with E-state index >= 15 is 0 Å². The Hall–Kier alpha value is -3.09. The summed E-state index contributed by atoms with van der Waals surface area (Å²) in [5.41, 5.74) is -0.00843. The number of rotatable bonds is 3. The third-order valence-electron chi connectivity index (χ3n) is 3.06. The Labute approximate surface area is 145 Å². The fraction of sp³-hybridized carbons (Fsp3) is 0.278. The zero-order chi connectivity index (χ0) is 18.6. The third kappa shape index (κ3) is 5.20. The molecule has 0 fully saturated rings. The minimum atomic E-state index is -0.654. The second kappa shape index (κ2) is 7.21. The Morgan fingerprint density at radius 3 is 2.36 bits per heavy atom. The summed E-state index contributed by atoms with van der Waals surface area (Å²) in [6, 6.07) is 7.14. The van der Waals surface area contributed by atoms with Crippen molar-refractivity contribution in [2.24, 2.45) is 0 Å². The molecule has 1 heterocycles. The number of phenols is 1. The molecule has 0 radical (unpaired) electrons. The van der Waals surface area contributed by atoms with Gasteiger partial charge in [-0.25, -0.2) is 9.59 Å². The lowest BCUT2D eigenvalue weighted by atomic mass is 10.2. The predicted octanol–water partition coefficient (Wildman–Crippen LogP) is 3.38. The number of pyridine rings is 1. The van der Waals surface area contributed by atoms with Gasteiger partial charge in [-0.15, -0.1) is 0 Å². The molecule has 2 aromatic rings. The van der Waals surface area contributed by atoms with E-state index in [0.717, 1.165) is 0 Å². The summed E-state index contributed by atoms with van der Waals surface area (Å²) in [4.78, 5) is 29.3. The number of ether oxygens (including phenoxy) is 2. The van der Waals surface area contributed by atoms with Gasteiger partial charge in [-0.05, 0) is 32.9 Å². The quantitative estimate of drug-likeness (QED) is 0.678. The van der Waals surface area contributed by atoms with Crippen LogP contribution in [0.15, 0.2) is 42.7 Å². The average molecular weight is 344 g/mol. The summed E-state index contributed by atoms with van der Waals surface area (Å²) in [7, 11) is 1.50. The number of esters is 1. The number of anilines is 1. The van der Waals surface area contributed by atoms with Gasteiger partial charge in [0.2, 0.25) is 0 Å². The zero-order valence-corrected chi connectivity index (χ0v) is 14.5. The van der Waals surface area contributed by atoms with Crippen molar-refractivity contribution in [1.82, 2.24) is 4.98 Å². The number of carbonyl (C=O) groups excluding carboxylic acids is 2. The van der Waals surface area contributed by atoms with Gasteiger partial charge < -0.3 is 14.6 Å². The van der Waals surface area contributed by atoms with Crippen LogP contribution in [0.25, 0.3) is 0 Å². The predicted molar refractivity (Wildman–Crippen MR) is 91.9 cm³/mol. The normalized spacial score (nSPS) is 10.9. The van der Waals surface area contributed by atoms with Gasteiger partial charge in [-0.1, -0.05) is 0 Å². The smallest absolute Gasteiger partial charge is 0.414 e. The molecule has 1 aromatic carbocycles. The summed E-state index contributed by atoms with van der Waals surface area (Å²) >= 11 is 0. The first kappa shape index (κ1) is 18.3. The minimum Gasteiger partial charge on any atom is -0.508 e. The standard InChI is InChI=1S/C18H20N2O5/c1-18(2,3)25-17(23)20(4)13-9-14(21)11-15(10-13)24-16(22)12-5-7-19-8-6-12/h5-11,21H,1-4H3. The van der Waals surface area contributed by atoms with Crippen LogP contribution in [0.5, 0.6) is 11.5 Å². The van der Waals surface area contributed by atoms with Crippen LogP contribution in [-0.2, 0) is 4.74 Å². The van der Waals surface area contributed by atoms with Gasteiger partial charge in [-0.3, -0.25) is 9.88 Å². The van der Waals surface area contributed by atoms with Crippen molar-refractivity contribution in [3.05, 3.63) is 48.3 Å². The molecular weight excluding hydrogens is 324 g/mol. The Morgan fingerprint density at radius 1 is 1.12 bits per heavy atom. The average Bonchev–Trinajstić information content (AvgIpc) is 2.52. The van der Waals surface area contributed by atoms with Crippen LogP contribution < -0.4 is 9.64 Å². The summed E-state index contributed by atoms with van der Waals surface area (Å²) < 4.78 is 10.5. The number of carbonyl (C=O) groups is 2. The fourth-order valence-corrected chi connectivity index (χ4v) is 1.91. The van der Waals surface area contributed by atoms with Gasteiger partial charge in [-0.2, -0.15) is 0 Å². The van der Waals surface area contributed by atoms with Gasteiger partial charge in [0.15, 0.2) is 0 Å². The van der Waals surface area contributed by atoms with Crippen molar-refractivity contribution in [2.75, 3.05) is 11.9 Å². The van der Waals surface area contributed by atoms with Gasteiger partial charge >= 0.3 is 12.1 Å². The topological polar surface area (TPSA) is 89.0 Å². The third-order valence-corrected chi connectivity index (χ3v) is 3.06. The molecule has 0 atom stereocenters. The molecule has 7 nitrogen and oxygen atoms in total. The first-order chi connectivity index (χ1) is 11.7. The SMILES string of the molecule is CN(C(=O)OC(C)(C)C)c1cc(O)cc(OC(=O)c2ccncc2)c1. The molecular formula is C18H20N2O5. The van der Waals surface area contributed by atoms with Crippen molar-refractivity contribution < 1.29 is 24.2 Å². The second-order valence-electron chi connectivity index (χ2n) is 6.35. The molecule has 1 N–H and O–H groups in total. The second-order valence-corrected chi connectivity index (χ2v) is 6.35. The van der Waals surface area contributed by atoms with E-state index in [1.54, 1.807) is 20.8 Å². The van der Waals surface area contributed by atoms with Crippen molar-refractivity contribution in [1.29, 1.82) is 0 Å². The molecule has 2 rings (SSSR count). The van der Waals surface area contributed by atoms with Crippen molar-refractivity contribution in [3.8, 4) is 11.5 Å². The molecule has 0 spiro atoms. The van der Waals surface area contributed by atoms with Crippen LogP contribution in [0.3, 0.4) is 0 Å². The lowest BCUT2D eigenvalue weighted by molar-refractivity contribution is 0.0589. The molecule has 0 aliphatic heterocycles. The molecule has 25 heavy (non-hydrogen) atoms. The number of phenolic OH excluding ortho intramolecular Hbond substituents is 1. The van der Waals surface area contributed by atoms with Crippen LogP contribution in [0.1, 0.15) is 31.1 Å². The van der Waals surface area contributed by atoms with Crippen LogP contribution in [0.2, 0.25) is 0 Å². The largest absolute Gasteiger partial charge is 0.508 e. The molecule has 0 aliphatic carbocycles. The van der Waals surface area contributed by atoms with E-state index < -0.39 is 17.7 Å². The maximum atomic E-state index is 12.1. The van der Waals surface area contributed by atoms with Gasteiger partial charge in [0.1, 0.15) is 17.1 Å². The molecule has 1 amide bonds. The number of amides is 1. The number of hydrogen-bond donors (Lipinski definition) is 1.